The summed E-state index contributed by atoms with van der Waals surface area (Å²) in [5.74, 6) is 1.17. The Kier molecular flexibility index (Phi) is 5.95. The van der Waals surface area contributed by atoms with Gasteiger partial charge in [0.25, 0.3) is 5.91 Å². The minimum Gasteiger partial charge on any atom is -0.493 e. The van der Waals surface area contributed by atoms with Gasteiger partial charge in [-0.15, -0.1) is 11.3 Å². The fourth-order valence-corrected chi connectivity index (χ4v) is 3.88. The first-order chi connectivity index (χ1) is 13.0. The van der Waals surface area contributed by atoms with Gasteiger partial charge in [0, 0.05) is 37.0 Å². The number of aromatic nitrogens is 1. The normalized spacial score (nSPS) is 14.7. The third-order valence-corrected chi connectivity index (χ3v) is 5.53. The minimum atomic E-state index is -0.181. The third kappa shape index (κ3) is 4.39. The number of rotatable bonds is 5. The molecule has 3 rings (SSSR count). The zero-order chi connectivity index (χ0) is 19.4. The van der Waals surface area contributed by atoms with Gasteiger partial charge in [0.05, 0.1) is 14.2 Å². The second-order valence-electron chi connectivity index (χ2n) is 6.36. The van der Waals surface area contributed by atoms with Crippen LogP contribution in [0.4, 0.5) is 0 Å². The van der Waals surface area contributed by atoms with Crippen LogP contribution in [0.1, 0.15) is 30.3 Å². The van der Waals surface area contributed by atoms with Crippen molar-refractivity contribution in [3.63, 3.8) is 0 Å². The summed E-state index contributed by atoms with van der Waals surface area (Å²) in [6.45, 7) is 2.92. The van der Waals surface area contributed by atoms with E-state index in [-0.39, 0.29) is 17.9 Å². The molecule has 0 radical (unpaired) electrons. The van der Waals surface area contributed by atoms with Crippen LogP contribution in [-0.2, 0) is 4.79 Å². The van der Waals surface area contributed by atoms with E-state index < -0.39 is 0 Å². The highest BCUT2D eigenvalue weighted by molar-refractivity contribution is 7.13. The first-order valence-electron chi connectivity index (χ1n) is 8.76. The number of piperidine rings is 1. The molecule has 0 bridgehead atoms. The van der Waals surface area contributed by atoms with Crippen LogP contribution < -0.4 is 14.8 Å². The topological polar surface area (TPSA) is 80.8 Å². The number of benzene rings is 1. The highest BCUT2D eigenvalue weighted by Gasteiger charge is 2.23. The fraction of sp³-hybridized carbons (Fsp3) is 0.421. The van der Waals surface area contributed by atoms with Gasteiger partial charge in [-0.3, -0.25) is 9.59 Å². The van der Waals surface area contributed by atoms with Crippen LogP contribution in [0.15, 0.2) is 23.6 Å². The third-order valence-electron chi connectivity index (χ3n) is 4.64. The van der Waals surface area contributed by atoms with E-state index in [4.69, 9.17) is 9.47 Å². The summed E-state index contributed by atoms with van der Waals surface area (Å²) in [6, 6.07) is 5.62. The molecule has 0 unspecified atom stereocenters. The molecule has 2 amide bonds. The lowest BCUT2D eigenvalue weighted by molar-refractivity contribution is -0.129. The Hall–Kier alpha value is -2.61. The molecule has 0 atom stereocenters. The van der Waals surface area contributed by atoms with Crippen molar-refractivity contribution in [2.45, 2.75) is 25.8 Å². The molecule has 1 N–H and O–H groups in total. The molecular formula is C19H23N3O4S. The van der Waals surface area contributed by atoms with Crippen molar-refractivity contribution >= 4 is 23.2 Å². The Morgan fingerprint density at radius 1 is 1.19 bits per heavy atom. The zero-order valence-electron chi connectivity index (χ0n) is 15.7. The molecule has 27 heavy (non-hydrogen) atoms. The molecule has 1 aliphatic rings. The van der Waals surface area contributed by atoms with Crippen molar-refractivity contribution in [2.24, 2.45) is 0 Å². The van der Waals surface area contributed by atoms with Crippen LogP contribution in [0.2, 0.25) is 0 Å². The molecule has 1 aliphatic heterocycles. The minimum absolute atomic E-state index is 0.0688. The van der Waals surface area contributed by atoms with Gasteiger partial charge in [-0.25, -0.2) is 4.98 Å². The van der Waals surface area contributed by atoms with Crippen molar-refractivity contribution in [1.82, 2.24) is 15.2 Å². The van der Waals surface area contributed by atoms with Gasteiger partial charge in [0.2, 0.25) is 5.91 Å². The van der Waals surface area contributed by atoms with Crippen molar-refractivity contribution in [3.05, 3.63) is 29.3 Å². The summed E-state index contributed by atoms with van der Waals surface area (Å²) >= 11 is 1.41. The molecule has 7 nitrogen and oxygen atoms in total. The van der Waals surface area contributed by atoms with E-state index in [1.54, 1.807) is 31.4 Å². The van der Waals surface area contributed by atoms with Gasteiger partial charge in [-0.2, -0.15) is 0 Å². The Morgan fingerprint density at radius 2 is 1.89 bits per heavy atom. The highest BCUT2D eigenvalue weighted by Crippen LogP contribution is 2.33. The maximum atomic E-state index is 12.5. The van der Waals surface area contributed by atoms with Gasteiger partial charge in [0.15, 0.2) is 11.5 Å². The first kappa shape index (κ1) is 19.2. The lowest BCUT2D eigenvalue weighted by Gasteiger charge is -2.31. The van der Waals surface area contributed by atoms with Crippen molar-refractivity contribution in [2.75, 3.05) is 27.3 Å². The number of hydrogen-bond acceptors (Lipinski definition) is 6. The Bertz CT molecular complexity index is 828. The lowest BCUT2D eigenvalue weighted by Crippen LogP contribution is -2.46. The number of hydrogen-bond donors (Lipinski definition) is 1. The number of amides is 2. The van der Waals surface area contributed by atoms with Crippen molar-refractivity contribution in [3.8, 4) is 22.1 Å². The molecule has 2 aromatic rings. The monoisotopic (exact) mass is 389 g/mol. The Labute approximate surface area is 162 Å². The van der Waals surface area contributed by atoms with E-state index in [0.29, 0.717) is 30.3 Å². The average Bonchev–Trinajstić information content (AvgIpc) is 3.18. The standard InChI is InChI=1S/C19H23N3O4S/c1-12(23)22-8-6-14(7-9-22)20-18(24)15-11-27-19(21-15)13-4-5-16(25-2)17(10-13)26-3/h4-5,10-11,14H,6-9H2,1-3H3,(H,20,24). The number of carbonyl (C=O) groups is 2. The molecule has 1 saturated heterocycles. The van der Waals surface area contributed by atoms with Crippen LogP contribution in [-0.4, -0.2) is 55.0 Å². The predicted molar refractivity (Wildman–Crippen MR) is 103 cm³/mol. The number of nitrogens with zero attached hydrogens (tertiary/aromatic N) is 2. The molecule has 1 aromatic carbocycles. The molecule has 2 heterocycles. The summed E-state index contributed by atoms with van der Waals surface area (Å²) in [5, 5.41) is 5.52. The molecule has 0 saturated carbocycles. The zero-order valence-corrected chi connectivity index (χ0v) is 16.5. The van der Waals surface area contributed by atoms with Gasteiger partial charge < -0.3 is 19.7 Å². The molecule has 1 fully saturated rings. The van der Waals surface area contributed by atoms with Crippen LogP contribution in [0.25, 0.3) is 10.6 Å². The lowest BCUT2D eigenvalue weighted by atomic mass is 10.0. The van der Waals surface area contributed by atoms with E-state index in [0.717, 1.165) is 23.4 Å². The molecule has 8 heteroatoms. The molecule has 1 aromatic heterocycles. The van der Waals surface area contributed by atoms with Crippen LogP contribution in [0.3, 0.4) is 0 Å². The van der Waals surface area contributed by atoms with E-state index >= 15 is 0 Å². The predicted octanol–water partition coefficient (Wildman–Crippen LogP) is 2.57. The van der Waals surface area contributed by atoms with Crippen molar-refractivity contribution in [1.29, 1.82) is 0 Å². The second kappa shape index (κ2) is 8.39. The van der Waals surface area contributed by atoms with Crippen LogP contribution >= 0.6 is 11.3 Å². The SMILES string of the molecule is COc1ccc(-c2nc(C(=O)NC3CCN(C(C)=O)CC3)cs2)cc1OC. The van der Waals surface area contributed by atoms with Crippen LogP contribution in [0.5, 0.6) is 11.5 Å². The molecule has 0 spiro atoms. The summed E-state index contributed by atoms with van der Waals surface area (Å²) in [7, 11) is 3.17. The Balaban J connectivity index is 1.65. The number of ether oxygens (including phenoxy) is 2. The van der Waals surface area contributed by atoms with E-state index in [2.05, 4.69) is 10.3 Å². The number of carbonyl (C=O) groups excluding carboxylic acids is 2. The quantitative estimate of drug-likeness (QED) is 0.850. The summed E-state index contributed by atoms with van der Waals surface area (Å²) < 4.78 is 10.6. The molecule has 144 valence electrons. The summed E-state index contributed by atoms with van der Waals surface area (Å²) in [6.07, 6.45) is 1.52. The summed E-state index contributed by atoms with van der Waals surface area (Å²) in [4.78, 5) is 30.2. The van der Waals surface area contributed by atoms with Gasteiger partial charge in [-0.1, -0.05) is 0 Å². The van der Waals surface area contributed by atoms with Crippen molar-refractivity contribution < 1.29 is 19.1 Å². The maximum Gasteiger partial charge on any atom is 0.270 e. The average molecular weight is 389 g/mol. The number of methoxy groups -OCH3 is 2. The smallest absolute Gasteiger partial charge is 0.270 e. The first-order valence-corrected chi connectivity index (χ1v) is 9.64. The van der Waals surface area contributed by atoms with Gasteiger partial charge in [-0.05, 0) is 31.0 Å². The van der Waals surface area contributed by atoms with Gasteiger partial charge >= 0.3 is 0 Å². The number of thiazole rings is 1. The summed E-state index contributed by atoms with van der Waals surface area (Å²) in [5.41, 5.74) is 1.27. The van der Waals surface area contributed by atoms with Gasteiger partial charge in [0.1, 0.15) is 10.7 Å². The van der Waals surface area contributed by atoms with E-state index in [1.165, 1.54) is 11.3 Å². The highest BCUT2D eigenvalue weighted by atomic mass is 32.1. The largest absolute Gasteiger partial charge is 0.493 e. The maximum absolute atomic E-state index is 12.5. The Morgan fingerprint density at radius 3 is 2.52 bits per heavy atom. The van der Waals surface area contributed by atoms with E-state index in [9.17, 15) is 9.59 Å². The number of likely N-dealkylation sites (tertiary alicyclic amines) is 1. The number of nitrogens with one attached hydrogen (secondary N) is 1. The molecule has 0 aliphatic carbocycles. The second-order valence-corrected chi connectivity index (χ2v) is 7.22. The van der Waals surface area contributed by atoms with Crippen LogP contribution in [0, 0.1) is 0 Å². The fourth-order valence-electron chi connectivity index (χ4n) is 3.08. The molecular weight excluding hydrogens is 366 g/mol. The van der Waals surface area contributed by atoms with E-state index in [1.807, 2.05) is 18.2 Å².